The van der Waals surface area contributed by atoms with Crippen LogP contribution in [0.25, 0.3) is 0 Å². The predicted octanol–water partition coefficient (Wildman–Crippen LogP) is 2.99. The average Bonchev–Trinajstić information content (AvgIpc) is 2.76. The van der Waals surface area contributed by atoms with Crippen LogP contribution in [-0.2, 0) is 6.42 Å². The number of nitrogens with one attached hydrogen (secondary N) is 1. The van der Waals surface area contributed by atoms with E-state index in [9.17, 15) is 0 Å². The Hall–Kier alpha value is -0.730. The Bertz CT molecular complexity index is 318. The molecule has 1 aliphatic rings. The monoisotopic (exact) mass is 253 g/mol. The molecule has 3 heteroatoms. The van der Waals surface area contributed by atoms with Gasteiger partial charge in [-0.25, -0.2) is 0 Å². The summed E-state index contributed by atoms with van der Waals surface area (Å²) >= 11 is 5.63. The highest BCUT2D eigenvalue weighted by atomic mass is 35.5. The highest BCUT2D eigenvalue weighted by Gasteiger charge is 2.21. The summed E-state index contributed by atoms with van der Waals surface area (Å²) < 4.78 is 5.85. The van der Waals surface area contributed by atoms with Crippen molar-refractivity contribution in [2.75, 3.05) is 19.0 Å². The maximum atomic E-state index is 5.85. The molecule has 1 aliphatic heterocycles. The van der Waals surface area contributed by atoms with Crippen LogP contribution in [-0.4, -0.2) is 25.1 Å². The highest BCUT2D eigenvalue weighted by Crippen LogP contribution is 2.27. The van der Waals surface area contributed by atoms with Crippen LogP contribution >= 0.6 is 11.6 Å². The van der Waals surface area contributed by atoms with Gasteiger partial charge >= 0.3 is 0 Å². The molecular formula is C14H20ClNO. The van der Waals surface area contributed by atoms with Crippen LogP contribution in [0.3, 0.4) is 0 Å². The van der Waals surface area contributed by atoms with Crippen molar-refractivity contribution >= 4 is 11.6 Å². The number of hydrogen-bond acceptors (Lipinski definition) is 2. The molecule has 0 saturated heterocycles. The average molecular weight is 254 g/mol. The maximum absolute atomic E-state index is 5.85. The first kappa shape index (κ1) is 12.7. The van der Waals surface area contributed by atoms with E-state index in [0.717, 1.165) is 37.6 Å². The first-order valence-corrected chi connectivity index (χ1v) is 6.95. The lowest BCUT2D eigenvalue weighted by Gasteiger charge is -2.11. The molecule has 1 N–H and O–H groups in total. The fourth-order valence-electron chi connectivity index (χ4n) is 2.15. The van der Waals surface area contributed by atoms with Gasteiger partial charge in [0.1, 0.15) is 11.9 Å². The van der Waals surface area contributed by atoms with E-state index in [-0.39, 0.29) is 0 Å². The first-order valence-electron chi connectivity index (χ1n) is 6.41. The molecule has 94 valence electrons. The number of para-hydroxylation sites is 1. The summed E-state index contributed by atoms with van der Waals surface area (Å²) in [7, 11) is 0. The van der Waals surface area contributed by atoms with E-state index in [1.54, 1.807) is 0 Å². The minimum atomic E-state index is 0.306. The maximum Gasteiger partial charge on any atom is 0.123 e. The molecule has 0 fully saturated rings. The quantitative estimate of drug-likeness (QED) is 0.596. The standard InChI is InChI=1S/C14H20ClNO/c15-8-4-1-5-9-16-11-13-10-12-6-2-3-7-14(12)17-13/h2-3,6-7,13,16H,1,4-5,8-11H2. The van der Waals surface area contributed by atoms with Crippen LogP contribution in [0.4, 0.5) is 0 Å². The van der Waals surface area contributed by atoms with Crippen molar-refractivity contribution in [3.63, 3.8) is 0 Å². The van der Waals surface area contributed by atoms with E-state index in [0.29, 0.717) is 6.10 Å². The van der Waals surface area contributed by atoms with Gasteiger partial charge in [0.2, 0.25) is 0 Å². The molecule has 1 heterocycles. The van der Waals surface area contributed by atoms with Gasteiger partial charge in [-0.2, -0.15) is 0 Å². The number of fused-ring (bicyclic) bond motifs is 1. The zero-order chi connectivity index (χ0) is 11.9. The zero-order valence-corrected chi connectivity index (χ0v) is 10.9. The van der Waals surface area contributed by atoms with Crippen molar-refractivity contribution in [3.8, 4) is 5.75 Å². The topological polar surface area (TPSA) is 21.3 Å². The number of ether oxygens (including phenoxy) is 1. The summed E-state index contributed by atoms with van der Waals surface area (Å²) in [5.74, 6) is 1.84. The van der Waals surface area contributed by atoms with E-state index in [4.69, 9.17) is 16.3 Å². The van der Waals surface area contributed by atoms with Crippen molar-refractivity contribution in [2.45, 2.75) is 31.8 Å². The van der Waals surface area contributed by atoms with Crippen molar-refractivity contribution in [1.82, 2.24) is 5.32 Å². The molecule has 17 heavy (non-hydrogen) atoms. The smallest absolute Gasteiger partial charge is 0.123 e. The molecule has 0 aromatic heterocycles. The molecule has 2 rings (SSSR count). The predicted molar refractivity (Wildman–Crippen MR) is 72.0 cm³/mol. The second-order valence-corrected chi connectivity index (χ2v) is 4.88. The lowest BCUT2D eigenvalue weighted by Crippen LogP contribution is -2.30. The van der Waals surface area contributed by atoms with E-state index in [1.165, 1.54) is 18.4 Å². The van der Waals surface area contributed by atoms with Gasteiger partial charge in [-0.3, -0.25) is 0 Å². The van der Waals surface area contributed by atoms with Crippen molar-refractivity contribution in [3.05, 3.63) is 29.8 Å². The van der Waals surface area contributed by atoms with Gasteiger partial charge in [-0.05, 0) is 31.0 Å². The van der Waals surface area contributed by atoms with E-state index in [2.05, 4.69) is 23.5 Å². The molecule has 0 bridgehead atoms. The Balaban J connectivity index is 1.60. The van der Waals surface area contributed by atoms with Gasteiger partial charge < -0.3 is 10.1 Å². The SMILES string of the molecule is ClCCCCCNCC1Cc2ccccc2O1. The fraction of sp³-hybridized carbons (Fsp3) is 0.571. The Morgan fingerprint density at radius 1 is 1.24 bits per heavy atom. The van der Waals surface area contributed by atoms with Crippen LogP contribution in [0, 0.1) is 0 Å². The van der Waals surface area contributed by atoms with Crippen molar-refractivity contribution in [1.29, 1.82) is 0 Å². The summed E-state index contributed by atoms with van der Waals surface area (Å²) in [4.78, 5) is 0. The van der Waals surface area contributed by atoms with E-state index >= 15 is 0 Å². The number of benzene rings is 1. The van der Waals surface area contributed by atoms with Crippen LogP contribution in [0.2, 0.25) is 0 Å². The second kappa shape index (κ2) is 6.87. The second-order valence-electron chi connectivity index (χ2n) is 4.51. The lowest BCUT2D eigenvalue weighted by atomic mass is 10.1. The minimum Gasteiger partial charge on any atom is -0.488 e. The summed E-state index contributed by atoms with van der Waals surface area (Å²) in [5, 5.41) is 3.45. The van der Waals surface area contributed by atoms with Crippen LogP contribution in [0.1, 0.15) is 24.8 Å². The number of rotatable bonds is 7. The molecule has 0 amide bonds. The summed E-state index contributed by atoms with van der Waals surface area (Å²) in [6.45, 7) is 2.00. The zero-order valence-electron chi connectivity index (χ0n) is 10.1. The van der Waals surface area contributed by atoms with E-state index in [1.807, 2.05) is 6.07 Å². The number of unbranched alkanes of at least 4 members (excludes halogenated alkanes) is 2. The Kier molecular flexibility index (Phi) is 5.14. The van der Waals surface area contributed by atoms with E-state index < -0.39 is 0 Å². The third-order valence-electron chi connectivity index (χ3n) is 3.07. The normalized spacial score (nSPS) is 17.8. The van der Waals surface area contributed by atoms with Crippen LogP contribution in [0.15, 0.2) is 24.3 Å². The minimum absolute atomic E-state index is 0.306. The number of alkyl halides is 1. The summed E-state index contributed by atoms with van der Waals surface area (Å²) in [6.07, 6.45) is 4.87. The van der Waals surface area contributed by atoms with Gasteiger partial charge in [0.15, 0.2) is 0 Å². The molecule has 1 aromatic rings. The van der Waals surface area contributed by atoms with Gasteiger partial charge in [-0.15, -0.1) is 11.6 Å². The fourth-order valence-corrected chi connectivity index (χ4v) is 2.34. The summed E-state index contributed by atoms with van der Waals surface area (Å²) in [5.41, 5.74) is 1.33. The van der Waals surface area contributed by atoms with Crippen molar-refractivity contribution in [2.24, 2.45) is 0 Å². The van der Waals surface area contributed by atoms with Crippen molar-refractivity contribution < 1.29 is 4.74 Å². The molecule has 0 saturated carbocycles. The van der Waals surface area contributed by atoms with Gasteiger partial charge in [-0.1, -0.05) is 24.6 Å². The molecular weight excluding hydrogens is 234 g/mol. The molecule has 0 radical (unpaired) electrons. The first-order chi connectivity index (χ1) is 8.40. The van der Waals surface area contributed by atoms with Crippen LogP contribution < -0.4 is 10.1 Å². The summed E-state index contributed by atoms with van der Waals surface area (Å²) in [6, 6.07) is 8.30. The largest absolute Gasteiger partial charge is 0.488 e. The highest BCUT2D eigenvalue weighted by molar-refractivity contribution is 6.17. The molecule has 0 aliphatic carbocycles. The molecule has 1 unspecified atom stereocenters. The third kappa shape index (κ3) is 3.90. The molecule has 2 nitrogen and oxygen atoms in total. The Morgan fingerprint density at radius 2 is 2.12 bits per heavy atom. The van der Waals surface area contributed by atoms with Crippen LogP contribution in [0.5, 0.6) is 5.75 Å². The number of halogens is 1. The Labute approximate surface area is 108 Å². The molecule has 1 aromatic carbocycles. The van der Waals surface area contributed by atoms with Gasteiger partial charge in [0, 0.05) is 18.8 Å². The number of hydrogen-bond donors (Lipinski definition) is 1. The molecule has 0 spiro atoms. The lowest BCUT2D eigenvalue weighted by molar-refractivity contribution is 0.227. The Morgan fingerprint density at radius 3 is 2.94 bits per heavy atom. The van der Waals surface area contributed by atoms with Gasteiger partial charge in [0.25, 0.3) is 0 Å². The third-order valence-corrected chi connectivity index (χ3v) is 3.34. The molecule has 1 atom stereocenters. The van der Waals surface area contributed by atoms with Gasteiger partial charge in [0.05, 0.1) is 0 Å².